The van der Waals surface area contributed by atoms with Gasteiger partial charge in [0, 0.05) is 42.6 Å². The van der Waals surface area contributed by atoms with Crippen LogP contribution in [0.25, 0.3) is 39.5 Å². The third-order valence-corrected chi connectivity index (χ3v) is 7.36. The number of rotatable bonds is 5. The highest BCUT2D eigenvalue weighted by Crippen LogP contribution is 2.39. The number of amides is 1. The molecule has 2 aromatic carbocycles. The number of carbonyl (C=O) groups excluding carboxylic acids is 1. The minimum Gasteiger partial charge on any atom is -0.383 e. The molecule has 1 amide bonds. The van der Waals surface area contributed by atoms with Crippen LogP contribution in [0.3, 0.4) is 0 Å². The van der Waals surface area contributed by atoms with E-state index >= 15 is 0 Å². The monoisotopic (exact) mass is 503 g/mol. The summed E-state index contributed by atoms with van der Waals surface area (Å²) in [5.74, 6) is 1.03. The zero-order valence-corrected chi connectivity index (χ0v) is 21.4. The van der Waals surface area contributed by atoms with Crippen LogP contribution >= 0.6 is 0 Å². The zero-order valence-electron chi connectivity index (χ0n) is 21.4. The van der Waals surface area contributed by atoms with E-state index in [1.54, 1.807) is 25.2 Å². The number of aromatic nitrogens is 4. The van der Waals surface area contributed by atoms with Gasteiger partial charge in [0.15, 0.2) is 11.5 Å². The molecule has 0 atom stereocenters. The third-order valence-electron chi connectivity index (χ3n) is 7.36. The summed E-state index contributed by atoms with van der Waals surface area (Å²) in [6.45, 7) is 0. The van der Waals surface area contributed by atoms with Crippen molar-refractivity contribution in [1.29, 1.82) is 0 Å². The molecule has 6 rings (SSSR count). The van der Waals surface area contributed by atoms with Crippen LogP contribution in [-0.2, 0) is 5.54 Å². The average Bonchev–Trinajstić information content (AvgIpc) is 3.30. The molecule has 1 saturated carbocycles. The van der Waals surface area contributed by atoms with Gasteiger partial charge in [-0.3, -0.25) is 9.36 Å². The van der Waals surface area contributed by atoms with Crippen molar-refractivity contribution in [1.82, 2.24) is 24.4 Å². The fourth-order valence-electron chi connectivity index (χ4n) is 4.98. The Bertz CT molecular complexity index is 1650. The van der Waals surface area contributed by atoms with Gasteiger partial charge in [0.1, 0.15) is 11.3 Å². The van der Waals surface area contributed by atoms with Gasteiger partial charge < -0.3 is 16.4 Å². The van der Waals surface area contributed by atoms with E-state index < -0.39 is 0 Å². The SMILES string of the molecule is CN(C)C(=O)c1ccc(-c2ccc3nc(-c4cccnc4N)n(-c4ccc(C5(N)CCC5)cc4)c3n2)cc1. The lowest BCUT2D eigenvalue weighted by molar-refractivity contribution is 0.0827. The first kappa shape index (κ1) is 23.8. The topological polar surface area (TPSA) is 116 Å². The molecule has 0 unspecified atom stereocenters. The molecule has 3 heterocycles. The lowest BCUT2D eigenvalue weighted by Crippen LogP contribution is -2.43. The van der Waals surface area contributed by atoms with Crippen LogP contribution in [0.4, 0.5) is 5.82 Å². The molecule has 0 aliphatic heterocycles. The van der Waals surface area contributed by atoms with Crippen molar-refractivity contribution in [2.45, 2.75) is 24.8 Å². The van der Waals surface area contributed by atoms with Crippen LogP contribution in [0.15, 0.2) is 79.0 Å². The Hall–Kier alpha value is -4.56. The van der Waals surface area contributed by atoms with Gasteiger partial charge >= 0.3 is 0 Å². The van der Waals surface area contributed by atoms with E-state index in [-0.39, 0.29) is 11.4 Å². The Kier molecular flexibility index (Phi) is 5.69. The van der Waals surface area contributed by atoms with Crippen LogP contribution in [0.2, 0.25) is 0 Å². The fourth-order valence-corrected chi connectivity index (χ4v) is 4.98. The number of fused-ring (bicyclic) bond motifs is 1. The number of nitrogens with two attached hydrogens (primary N) is 2. The summed E-state index contributed by atoms with van der Waals surface area (Å²) in [5.41, 5.74) is 19.2. The molecule has 1 fully saturated rings. The van der Waals surface area contributed by atoms with E-state index in [0.717, 1.165) is 52.9 Å². The standard InChI is InChI=1S/C30H29N7O/c1-36(2)29(38)20-8-6-19(7-9-20)24-14-15-25-28(34-24)37(27(35-25)23-5-3-18-33-26(23)31)22-12-10-21(11-13-22)30(32)16-4-17-30/h3,5-15,18H,4,16-17,32H2,1-2H3,(H2,31,33). The lowest BCUT2D eigenvalue weighted by atomic mass is 9.73. The summed E-state index contributed by atoms with van der Waals surface area (Å²) in [6.07, 6.45) is 4.83. The molecule has 4 N–H and O–H groups in total. The Morgan fingerprint density at radius 1 is 0.947 bits per heavy atom. The maximum Gasteiger partial charge on any atom is 0.253 e. The quantitative estimate of drug-likeness (QED) is 0.357. The van der Waals surface area contributed by atoms with E-state index in [2.05, 4.69) is 29.2 Å². The minimum absolute atomic E-state index is 0.0404. The second kappa shape index (κ2) is 9.08. The lowest BCUT2D eigenvalue weighted by Gasteiger charge is -2.38. The number of benzene rings is 2. The van der Waals surface area contributed by atoms with E-state index in [1.807, 2.05) is 53.1 Å². The molecule has 1 aliphatic carbocycles. The first-order chi connectivity index (χ1) is 18.3. The largest absolute Gasteiger partial charge is 0.383 e. The third kappa shape index (κ3) is 3.99. The van der Waals surface area contributed by atoms with E-state index in [1.165, 1.54) is 0 Å². The summed E-state index contributed by atoms with van der Waals surface area (Å²) >= 11 is 0. The minimum atomic E-state index is -0.238. The predicted molar refractivity (Wildman–Crippen MR) is 150 cm³/mol. The number of nitrogen functional groups attached to an aromatic ring is 1. The van der Waals surface area contributed by atoms with Gasteiger partial charge in [0.25, 0.3) is 5.91 Å². The summed E-state index contributed by atoms with van der Waals surface area (Å²) in [5, 5.41) is 0. The van der Waals surface area contributed by atoms with Gasteiger partial charge in [0.05, 0.1) is 11.3 Å². The zero-order chi connectivity index (χ0) is 26.4. The highest BCUT2D eigenvalue weighted by atomic mass is 16.2. The fraction of sp³-hybridized carbons (Fsp3) is 0.200. The molecule has 0 radical (unpaired) electrons. The Morgan fingerprint density at radius 3 is 2.32 bits per heavy atom. The summed E-state index contributed by atoms with van der Waals surface area (Å²) < 4.78 is 2.02. The predicted octanol–water partition coefficient (Wildman–Crippen LogP) is 4.77. The number of anilines is 1. The Morgan fingerprint density at radius 2 is 1.68 bits per heavy atom. The number of hydrogen-bond donors (Lipinski definition) is 2. The van der Waals surface area contributed by atoms with Crippen LogP contribution in [0.1, 0.15) is 35.2 Å². The number of imidazole rings is 1. The average molecular weight is 504 g/mol. The van der Waals surface area contributed by atoms with Crippen molar-refractivity contribution < 1.29 is 4.79 Å². The molecular formula is C30H29N7O. The van der Waals surface area contributed by atoms with Gasteiger partial charge in [-0.15, -0.1) is 0 Å². The van der Waals surface area contributed by atoms with Crippen molar-refractivity contribution >= 4 is 22.9 Å². The van der Waals surface area contributed by atoms with Crippen LogP contribution < -0.4 is 11.5 Å². The molecule has 8 heteroatoms. The first-order valence-electron chi connectivity index (χ1n) is 12.7. The van der Waals surface area contributed by atoms with Crippen LogP contribution in [0, 0.1) is 0 Å². The highest BCUT2D eigenvalue weighted by Gasteiger charge is 2.34. The molecule has 0 spiro atoms. The number of carbonyl (C=O) groups is 1. The van der Waals surface area contributed by atoms with Gasteiger partial charge in [0.2, 0.25) is 0 Å². The van der Waals surface area contributed by atoms with Gasteiger partial charge in [-0.25, -0.2) is 15.0 Å². The summed E-state index contributed by atoms with van der Waals surface area (Å²) in [7, 11) is 3.48. The summed E-state index contributed by atoms with van der Waals surface area (Å²) in [6, 6.07) is 23.5. The molecule has 8 nitrogen and oxygen atoms in total. The molecule has 5 aromatic rings. The normalized spacial score (nSPS) is 14.3. The van der Waals surface area contributed by atoms with Crippen molar-refractivity contribution in [3.63, 3.8) is 0 Å². The molecule has 1 aliphatic rings. The highest BCUT2D eigenvalue weighted by molar-refractivity contribution is 5.94. The second-order valence-corrected chi connectivity index (χ2v) is 10.1. The number of hydrogen-bond acceptors (Lipinski definition) is 6. The molecular weight excluding hydrogens is 474 g/mol. The van der Waals surface area contributed by atoms with Gasteiger partial charge in [-0.1, -0.05) is 24.3 Å². The van der Waals surface area contributed by atoms with Gasteiger partial charge in [-0.2, -0.15) is 0 Å². The smallest absolute Gasteiger partial charge is 0.253 e. The van der Waals surface area contributed by atoms with E-state index in [9.17, 15) is 4.79 Å². The molecule has 190 valence electrons. The number of pyridine rings is 2. The van der Waals surface area contributed by atoms with Gasteiger partial charge in [-0.05, 0) is 73.4 Å². The first-order valence-corrected chi connectivity index (χ1v) is 12.7. The maximum atomic E-state index is 12.3. The molecule has 0 bridgehead atoms. The Balaban J connectivity index is 1.49. The maximum absolute atomic E-state index is 12.3. The van der Waals surface area contributed by atoms with Crippen molar-refractivity contribution in [3.8, 4) is 28.3 Å². The van der Waals surface area contributed by atoms with Crippen LogP contribution in [-0.4, -0.2) is 44.4 Å². The molecule has 3 aromatic heterocycles. The molecule has 38 heavy (non-hydrogen) atoms. The Labute approximate surface area is 221 Å². The van der Waals surface area contributed by atoms with Crippen LogP contribution in [0.5, 0.6) is 0 Å². The van der Waals surface area contributed by atoms with Crippen molar-refractivity contribution in [2.24, 2.45) is 5.73 Å². The van der Waals surface area contributed by atoms with E-state index in [0.29, 0.717) is 22.9 Å². The molecule has 0 saturated heterocycles. The second-order valence-electron chi connectivity index (χ2n) is 10.1. The van der Waals surface area contributed by atoms with E-state index in [4.69, 9.17) is 21.4 Å². The summed E-state index contributed by atoms with van der Waals surface area (Å²) in [4.78, 5) is 28.1. The number of nitrogens with zero attached hydrogens (tertiary/aromatic N) is 5. The van der Waals surface area contributed by atoms with Crippen molar-refractivity contribution in [2.75, 3.05) is 19.8 Å². The van der Waals surface area contributed by atoms with Crippen molar-refractivity contribution in [3.05, 3.63) is 90.1 Å².